The zero-order valence-corrected chi connectivity index (χ0v) is 8.37. The fourth-order valence-corrected chi connectivity index (χ4v) is 0.446. The molecule has 0 aliphatic carbocycles. The number of aromatic nitrogens is 1. The van der Waals surface area contributed by atoms with Crippen LogP contribution in [-0.2, 0) is 0 Å². The largest absolute Gasteiger partial charge is 1.00 e. The van der Waals surface area contributed by atoms with Gasteiger partial charge >= 0.3 is 51.4 Å². The molecule has 1 heterocycles. The van der Waals surface area contributed by atoms with Crippen LogP contribution in [0, 0.1) is 0 Å². The SMILES string of the molecule is O=Cc1ccccn1.[H-].[K+]. The van der Waals surface area contributed by atoms with Gasteiger partial charge in [-0.05, 0) is 12.1 Å². The number of hydrogen-bond donors (Lipinski definition) is 0. The van der Waals surface area contributed by atoms with Gasteiger partial charge in [-0.1, -0.05) is 6.07 Å². The molecule has 0 atom stereocenters. The molecular weight excluding hydrogens is 141 g/mol. The van der Waals surface area contributed by atoms with E-state index in [1.165, 1.54) is 0 Å². The van der Waals surface area contributed by atoms with Gasteiger partial charge in [0, 0.05) is 6.20 Å². The van der Waals surface area contributed by atoms with Crippen molar-refractivity contribution in [3.63, 3.8) is 0 Å². The third-order valence-corrected chi connectivity index (χ3v) is 0.809. The average molecular weight is 147 g/mol. The summed E-state index contributed by atoms with van der Waals surface area (Å²) in [5.74, 6) is 0. The molecule has 0 bridgehead atoms. The molecule has 2 nitrogen and oxygen atoms in total. The second-order valence-corrected chi connectivity index (χ2v) is 1.37. The molecule has 1 aromatic rings. The summed E-state index contributed by atoms with van der Waals surface area (Å²) in [5, 5.41) is 0. The first kappa shape index (κ1) is 9.46. The van der Waals surface area contributed by atoms with Crippen molar-refractivity contribution in [2.24, 2.45) is 0 Å². The summed E-state index contributed by atoms with van der Waals surface area (Å²) in [7, 11) is 0. The number of pyridine rings is 1. The Labute approximate surface area is 97.6 Å². The van der Waals surface area contributed by atoms with Crippen molar-refractivity contribution in [1.82, 2.24) is 4.98 Å². The van der Waals surface area contributed by atoms with Gasteiger partial charge in [0.25, 0.3) is 0 Å². The minimum absolute atomic E-state index is 0. The first-order valence-electron chi connectivity index (χ1n) is 2.29. The number of hydrogen-bond acceptors (Lipinski definition) is 2. The molecular formula is C6H6KNO. The molecule has 0 spiro atoms. The maximum absolute atomic E-state index is 9.94. The van der Waals surface area contributed by atoms with Gasteiger partial charge in [0.15, 0.2) is 6.29 Å². The number of carbonyl (C=O) groups is 1. The molecule has 0 aliphatic heterocycles. The van der Waals surface area contributed by atoms with Crippen LogP contribution in [0.2, 0.25) is 0 Å². The summed E-state index contributed by atoms with van der Waals surface area (Å²) in [5.41, 5.74) is 0.479. The first-order chi connectivity index (χ1) is 3.93. The van der Waals surface area contributed by atoms with Crippen LogP contribution in [0.15, 0.2) is 24.4 Å². The zero-order valence-electron chi connectivity index (χ0n) is 6.24. The minimum atomic E-state index is 0. The van der Waals surface area contributed by atoms with E-state index in [9.17, 15) is 4.79 Å². The van der Waals surface area contributed by atoms with E-state index in [0.29, 0.717) is 5.69 Å². The summed E-state index contributed by atoms with van der Waals surface area (Å²) in [4.78, 5) is 13.7. The van der Waals surface area contributed by atoms with Gasteiger partial charge < -0.3 is 1.43 Å². The second-order valence-electron chi connectivity index (χ2n) is 1.37. The molecule has 9 heavy (non-hydrogen) atoms. The molecule has 42 valence electrons. The van der Waals surface area contributed by atoms with E-state index in [2.05, 4.69) is 4.98 Å². The summed E-state index contributed by atoms with van der Waals surface area (Å²) >= 11 is 0. The van der Waals surface area contributed by atoms with Crippen LogP contribution in [0.25, 0.3) is 0 Å². The maximum atomic E-state index is 9.94. The molecule has 0 N–H and O–H groups in total. The quantitative estimate of drug-likeness (QED) is 0.340. The molecule has 3 heteroatoms. The van der Waals surface area contributed by atoms with Gasteiger partial charge in [-0.2, -0.15) is 0 Å². The molecule has 0 saturated carbocycles. The van der Waals surface area contributed by atoms with Gasteiger partial charge in [-0.3, -0.25) is 9.78 Å². The molecule has 0 saturated heterocycles. The van der Waals surface area contributed by atoms with Crippen LogP contribution >= 0.6 is 0 Å². The third kappa shape index (κ3) is 3.22. The molecule has 1 aromatic heterocycles. The molecule has 0 aliphatic rings. The van der Waals surface area contributed by atoms with Gasteiger partial charge in [0.05, 0.1) is 0 Å². The van der Waals surface area contributed by atoms with Crippen LogP contribution in [0.5, 0.6) is 0 Å². The molecule has 0 amide bonds. The Balaban J connectivity index is 0. The Morgan fingerprint density at radius 1 is 1.56 bits per heavy atom. The van der Waals surface area contributed by atoms with E-state index in [1.54, 1.807) is 24.4 Å². The van der Waals surface area contributed by atoms with Crippen LogP contribution in [0.1, 0.15) is 11.9 Å². The topological polar surface area (TPSA) is 30.0 Å². The number of aldehydes is 1. The van der Waals surface area contributed by atoms with Gasteiger partial charge in [0.2, 0.25) is 0 Å². The van der Waals surface area contributed by atoms with Gasteiger partial charge in [0.1, 0.15) is 5.69 Å². The molecule has 0 fully saturated rings. The fraction of sp³-hybridized carbons (Fsp3) is 0. The van der Waals surface area contributed by atoms with E-state index in [1.807, 2.05) is 0 Å². The van der Waals surface area contributed by atoms with Crippen molar-refractivity contribution < 1.29 is 57.6 Å². The smallest absolute Gasteiger partial charge is 1.00 e. The Hall–Kier alpha value is 0.456. The monoisotopic (exact) mass is 147 g/mol. The van der Waals surface area contributed by atoms with Crippen LogP contribution in [0.3, 0.4) is 0 Å². The average Bonchev–Trinajstić information content (AvgIpc) is 1.90. The van der Waals surface area contributed by atoms with Gasteiger partial charge in [-0.25, -0.2) is 0 Å². The minimum Gasteiger partial charge on any atom is -1.00 e. The van der Waals surface area contributed by atoms with E-state index in [0.717, 1.165) is 6.29 Å². The Bertz CT molecular complexity index is 180. The standard InChI is InChI=1S/C6H5NO.K.H/c8-5-6-3-1-2-4-7-6;;/h1-5H;;/q;+1;-1. The van der Waals surface area contributed by atoms with Crippen molar-refractivity contribution in [3.8, 4) is 0 Å². The van der Waals surface area contributed by atoms with E-state index >= 15 is 0 Å². The molecule has 1 rings (SSSR count). The maximum Gasteiger partial charge on any atom is 1.00 e. The van der Waals surface area contributed by atoms with E-state index in [4.69, 9.17) is 0 Å². The zero-order chi connectivity index (χ0) is 5.82. The van der Waals surface area contributed by atoms with Crippen molar-refractivity contribution in [1.29, 1.82) is 0 Å². The Morgan fingerprint density at radius 2 is 2.33 bits per heavy atom. The van der Waals surface area contributed by atoms with E-state index in [-0.39, 0.29) is 52.8 Å². The van der Waals surface area contributed by atoms with Crippen LogP contribution in [-0.4, -0.2) is 11.3 Å². The third-order valence-electron chi connectivity index (χ3n) is 0.809. The summed E-state index contributed by atoms with van der Waals surface area (Å²) in [6, 6.07) is 5.21. The molecule has 0 aromatic carbocycles. The van der Waals surface area contributed by atoms with Crippen molar-refractivity contribution in [3.05, 3.63) is 30.1 Å². The van der Waals surface area contributed by atoms with Crippen molar-refractivity contribution >= 4 is 6.29 Å². The number of nitrogens with zero attached hydrogens (tertiary/aromatic N) is 1. The van der Waals surface area contributed by atoms with Gasteiger partial charge in [-0.15, -0.1) is 0 Å². The predicted molar refractivity (Wildman–Crippen MR) is 30.7 cm³/mol. The summed E-state index contributed by atoms with van der Waals surface area (Å²) in [6.07, 6.45) is 2.31. The molecule has 0 radical (unpaired) electrons. The predicted octanol–water partition coefficient (Wildman–Crippen LogP) is -1.99. The molecule has 0 unspecified atom stereocenters. The number of carbonyl (C=O) groups excluding carboxylic acids is 1. The summed E-state index contributed by atoms with van der Waals surface area (Å²) in [6.45, 7) is 0. The van der Waals surface area contributed by atoms with E-state index < -0.39 is 0 Å². The van der Waals surface area contributed by atoms with Crippen LogP contribution in [0.4, 0.5) is 0 Å². The number of rotatable bonds is 1. The summed E-state index contributed by atoms with van der Waals surface area (Å²) < 4.78 is 0. The normalized spacial score (nSPS) is 7.56. The van der Waals surface area contributed by atoms with Crippen molar-refractivity contribution in [2.45, 2.75) is 0 Å². The Morgan fingerprint density at radius 3 is 2.67 bits per heavy atom. The second kappa shape index (κ2) is 5.26. The first-order valence-corrected chi connectivity index (χ1v) is 2.29. The Kier molecular flexibility index (Phi) is 5.52. The fourth-order valence-electron chi connectivity index (χ4n) is 0.446. The van der Waals surface area contributed by atoms with Crippen LogP contribution < -0.4 is 51.4 Å². The van der Waals surface area contributed by atoms with Crippen molar-refractivity contribution in [2.75, 3.05) is 0 Å².